The third kappa shape index (κ3) is 5.13. The number of phenols is 1. The lowest BCUT2D eigenvalue weighted by Crippen LogP contribution is -2.18. The van der Waals surface area contributed by atoms with Gasteiger partial charge in [-0.2, -0.15) is 10.5 Å². The van der Waals surface area contributed by atoms with Crippen LogP contribution in [0.15, 0.2) is 28.3 Å². The smallest absolute Gasteiger partial charge is 0.140 e. The molecular formula is C23H29N3OS2. The average molecular weight is 428 g/mol. The predicted molar refractivity (Wildman–Crippen MR) is 121 cm³/mol. The van der Waals surface area contributed by atoms with E-state index in [0.29, 0.717) is 12.2 Å². The van der Waals surface area contributed by atoms with Gasteiger partial charge in [0.05, 0.1) is 4.90 Å². The Kier molecular flexibility index (Phi) is 7.04. The Balaban J connectivity index is 2.66. The molecule has 2 rings (SSSR count). The number of thioether (sulfide) groups is 2. The minimum Gasteiger partial charge on any atom is -0.507 e. The maximum absolute atomic E-state index is 11.0. The number of aryl methyl sites for hydroxylation is 1. The molecule has 0 spiro atoms. The number of aromatic hydroxyl groups is 1. The standard InChI is InChI=1S/C23H29N3OS2/c1-8-26-12-16(20(28-13-24)21(26)29-14-25)9-15-10-17(22(2,3)4)19(27)18(11-15)23(5,6)7/h10-12,27H,8-9H2,1-7H3. The molecular weight excluding hydrogens is 398 g/mol. The molecule has 0 fully saturated rings. The monoisotopic (exact) mass is 427 g/mol. The Hall–Kier alpha value is -2.02. The first kappa shape index (κ1) is 23.3. The van der Waals surface area contributed by atoms with E-state index in [1.54, 1.807) is 0 Å². The van der Waals surface area contributed by atoms with Crippen molar-refractivity contribution in [3.8, 4) is 16.6 Å². The Bertz CT molecular complexity index is 945. The van der Waals surface area contributed by atoms with Crippen LogP contribution in [-0.4, -0.2) is 9.67 Å². The summed E-state index contributed by atoms with van der Waals surface area (Å²) in [7, 11) is 0. The van der Waals surface area contributed by atoms with E-state index >= 15 is 0 Å². The highest BCUT2D eigenvalue weighted by molar-refractivity contribution is 8.06. The van der Waals surface area contributed by atoms with E-state index in [9.17, 15) is 15.6 Å². The van der Waals surface area contributed by atoms with Crippen molar-refractivity contribution in [3.63, 3.8) is 0 Å². The molecule has 0 saturated carbocycles. The van der Waals surface area contributed by atoms with Crippen molar-refractivity contribution in [1.29, 1.82) is 10.5 Å². The number of aromatic nitrogens is 1. The molecule has 1 aromatic carbocycles. The normalized spacial score (nSPS) is 11.9. The van der Waals surface area contributed by atoms with Crippen LogP contribution in [0.25, 0.3) is 0 Å². The van der Waals surface area contributed by atoms with Gasteiger partial charge in [-0.25, -0.2) is 0 Å². The number of rotatable bonds is 5. The molecule has 0 aliphatic heterocycles. The van der Waals surface area contributed by atoms with Gasteiger partial charge in [0.2, 0.25) is 0 Å². The maximum Gasteiger partial charge on any atom is 0.140 e. The lowest BCUT2D eigenvalue weighted by Gasteiger charge is -2.28. The molecule has 0 amide bonds. The number of benzene rings is 1. The highest BCUT2D eigenvalue weighted by atomic mass is 32.2. The van der Waals surface area contributed by atoms with Crippen molar-refractivity contribution >= 4 is 23.5 Å². The Morgan fingerprint density at radius 2 is 1.48 bits per heavy atom. The van der Waals surface area contributed by atoms with Gasteiger partial charge in [0.1, 0.15) is 21.6 Å². The molecule has 1 heterocycles. The second-order valence-corrected chi connectivity index (χ2v) is 10.7. The Labute approximate surface area is 182 Å². The zero-order chi connectivity index (χ0) is 22.0. The van der Waals surface area contributed by atoms with Crippen LogP contribution < -0.4 is 0 Å². The lowest BCUT2D eigenvalue weighted by molar-refractivity contribution is 0.423. The van der Waals surface area contributed by atoms with E-state index in [0.717, 1.165) is 62.2 Å². The summed E-state index contributed by atoms with van der Waals surface area (Å²) in [6.07, 6.45) is 2.68. The van der Waals surface area contributed by atoms with Crippen molar-refractivity contribution in [2.75, 3.05) is 0 Å². The summed E-state index contributed by atoms with van der Waals surface area (Å²) >= 11 is 2.21. The van der Waals surface area contributed by atoms with Gasteiger partial charge in [-0.15, -0.1) is 0 Å². The summed E-state index contributed by atoms with van der Waals surface area (Å²) in [4.78, 5) is 0.851. The van der Waals surface area contributed by atoms with Gasteiger partial charge in [0.25, 0.3) is 0 Å². The van der Waals surface area contributed by atoms with E-state index in [2.05, 4.69) is 64.5 Å². The van der Waals surface area contributed by atoms with Crippen LogP contribution in [0.1, 0.15) is 70.7 Å². The van der Waals surface area contributed by atoms with E-state index in [1.807, 2.05) is 17.7 Å². The first-order chi connectivity index (χ1) is 13.4. The summed E-state index contributed by atoms with van der Waals surface area (Å²) in [5.41, 5.74) is 3.59. The number of hydrogen-bond donors (Lipinski definition) is 1. The van der Waals surface area contributed by atoms with Crippen molar-refractivity contribution in [2.24, 2.45) is 0 Å². The summed E-state index contributed by atoms with van der Waals surface area (Å²) in [5.74, 6) is 0.368. The second-order valence-electron chi connectivity index (χ2n) is 9.18. The van der Waals surface area contributed by atoms with Gasteiger partial charge < -0.3 is 9.67 Å². The lowest BCUT2D eigenvalue weighted by atomic mass is 9.78. The molecule has 154 valence electrons. The van der Waals surface area contributed by atoms with Gasteiger partial charge in [0.15, 0.2) is 0 Å². The molecule has 0 saturated heterocycles. The van der Waals surface area contributed by atoms with Crippen molar-refractivity contribution in [3.05, 3.63) is 40.6 Å². The fourth-order valence-electron chi connectivity index (χ4n) is 3.40. The summed E-state index contributed by atoms with van der Waals surface area (Å²) in [6.45, 7) is 15.4. The Morgan fingerprint density at radius 3 is 1.90 bits per heavy atom. The zero-order valence-corrected chi connectivity index (χ0v) is 19.9. The predicted octanol–water partition coefficient (Wildman–Crippen LogP) is 6.55. The van der Waals surface area contributed by atoms with E-state index in [4.69, 9.17) is 0 Å². The zero-order valence-electron chi connectivity index (χ0n) is 18.3. The fraction of sp³-hybridized carbons (Fsp3) is 0.478. The first-order valence-corrected chi connectivity index (χ1v) is 11.3. The highest BCUT2D eigenvalue weighted by Crippen LogP contribution is 2.41. The van der Waals surface area contributed by atoms with Crippen LogP contribution in [0.3, 0.4) is 0 Å². The molecule has 29 heavy (non-hydrogen) atoms. The molecule has 0 radical (unpaired) electrons. The minimum atomic E-state index is -0.193. The SMILES string of the molecule is CCn1cc(Cc2cc(C(C)(C)C)c(O)c(C(C)(C)C)c2)c(SC#N)c1SC#N. The molecule has 0 aliphatic rings. The van der Waals surface area contributed by atoms with Crippen LogP contribution >= 0.6 is 23.5 Å². The van der Waals surface area contributed by atoms with Crippen LogP contribution in [0.5, 0.6) is 5.75 Å². The molecule has 1 aromatic heterocycles. The summed E-state index contributed by atoms with van der Waals surface area (Å²) in [5, 5.41) is 34.6. The van der Waals surface area contributed by atoms with E-state index in [1.165, 1.54) is 0 Å². The average Bonchev–Trinajstić information content (AvgIpc) is 2.92. The number of phenolic OH excluding ortho intramolecular Hbond substituents is 1. The third-order valence-corrected chi connectivity index (χ3v) is 6.47. The minimum absolute atomic E-state index is 0.193. The van der Waals surface area contributed by atoms with Gasteiger partial charge in [-0.1, -0.05) is 53.7 Å². The molecule has 1 N–H and O–H groups in total. The van der Waals surface area contributed by atoms with Gasteiger partial charge in [0, 0.05) is 30.9 Å². The van der Waals surface area contributed by atoms with E-state index in [-0.39, 0.29) is 10.8 Å². The highest BCUT2D eigenvalue weighted by Gasteiger charge is 2.27. The molecule has 4 nitrogen and oxygen atoms in total. The van der Waals surface area contributed by atoms with Crippen LogP contribution in [0.2, 0.25) is 0 Å². The quantitative estimate of drug-likeness (QED) is 0.433. The molecule has 6 heteroatoms. The van der Waals surface area contributed by atoms with Gasteiger partial charge in [-0.05, 0) is 51.8 Å². The molecule has 0 aliphatic carbocycles. The van der Waals surface area contributed by atoms with Gasteiger partial charge in [-0.3, -0.25) is 0 Å². The van der Waals surface area contributed by atoms with Crippen molar-refractivity contribution in [1.82, 2.24) is 4.57 Å². The van der Waals surface area contributed by atoms with Gasteiger partial charge >= 0.3 is 0 Å². The van der Waals surface area contributed by atoms with Crippen molar-refractivity contribution in [2.45, 2.75) is 82.2 Å². The maximum atomic E-state index is 11.0. The molecule has 0 atom stereocenters. The third-order valence-electron chi connectivity index (χ3n) is 4.87. The first-order valence-electron chi connectivity index (χ1n) is 9.64. The molecule has 0 unspecified atom stereocenters. The molecule has 0 bridgehead atoms. The summed E-state index contributed by atoms with van der Waals surface area (Å²) in [6, 6.07) is 4.15. The number of nitriles is 2. The van der Waals surface area contributed by atoms with Crippen LogP contribution in [0, 0.1) is 21.3 Å². The molecule has 2 aromatic rings. The number of hydrogen-bond acceptors (Lipinski definition) is 5. The summed E-state index contributed by atoms with van der Waals surface area (Å²) < 4.78 is 2.03. The van der Waals surface area contributed by atoms with E-state index < -0.39 is 0 Å². The van der Waals surface area contributed by atoms with Crippen molar-refractivity contribution < 1.29 is 5.11 Å². The van der Waals surface area contributed by atoms with Crippen LogP contribution in [-0.2, 0) is 23.8 Å². The largest absolute Gasteiger partial charge is 0.507 e. The fourth-order valence-corrected chi connectivity index (χ4v) is 4.81. The Morgan fingerprint density at radius 1 is 0.966 bits per heavy atom. The number of thiocyanates is 2. The number of nitrogens with zero attached hydrogens (tertiary/aromatic N) is 3. The topological polar surface area (TPSA) is 72.7 Å². The van der Waals surface area contributed by atoms with Crippen LogP contribution in [0.4, 0.5) is 0 Å². The second kappa shape index (κ2) is 8.78.